The molecule has 3 nitrogen and oxygen atoms in total. The highest BCUT2D eigenvalue weighted by atomic mass is 16.5. The number of fused-ring (bicyclic) bond motifs is 7. The Balaban J connectivity index is 1.77. The summed E-state index contributed by atoms with van der Waals surface area (Å²) < 4.78 is 6.00. The van der Waals surface area contributed by atoms with Crippen LogP contribution in [0.3, 0.4) is 0 Å². The molecule has 3 heteroatoms. The fourth-order valence-electron chi connectivity index (χ4n) is 4.25. The fourth-order valence-corrected chi connectivity index (χ4v) is 4.25. The summed E-state index contributed by atoms with van der Waals surface area (Å²) in [6, 6.07) is 0.434. The van der Waals surface area contributed by atoms with Crippen LogP contribution in [0.15, 0.2) is 12.2 Å². The van der Waals surface area contributed by atoms with Gasteiger partial charge in [0, 0.05) is 24.8 Å². The summed E-state index contributed by atoms with van der Waals surface area (Å²) in [7, 11) is 0. The topological polar surface area (TPSA) is 29.5 Å². The fraction of sp³-hybridized carbons (Fsp3) is 0.769. The van der Waals surface area contributed by atoms with E-state index in [1.54, 1.807) is 0 Å². The largest absolute Gasteiger partial charge is 0.355 e. The maximum Gasteiger partial charge on any atom is 0.225 e. The maximum atomic E-state index is 12.1. The van der Waals surface area contributed by atoms with Crippen LogP contribution in [0.5, 0.6) is 0 Å². The van der Waals surface area contributed by atoms with Gasteiger partial charge in [-0.1, -0.05) is 12.2 Å². The predicted molar refractivity (Wildman–Crippen MR) is 58.5 cm³/mol. The predicted octanol–water partition coefficient (Wildman–Crippen LogP) is 1.55. The number of ether oxygens (including phenoxy) is 1. The van der Waals surface area contributed by atoms with Crippen molar-refractivity contribution in [1.29, 1.82) is 0 Å². The molecular formula is C13H17NO2. The molecular weight excluding hydrogens is 202 g/mol. The smallest absolute Gasteiger partial charge is 0.225 e. The van der Waals surface area contributed by atoms with Crippen LogP contribution < -0.4 is 0 Å². The van der Waals surface area contributed by atoms with Crippen LogP contribution in [0.1, 0.15) is 26.2 Å². The summed E-state index contributed by atoms with van der Waals surface area (Å²) in [6.45, 7) is 2.93. The Labute approximate surface area is 95.4 Å². The SMILES string of the molecule is C[C@@]12CCC(=O)N1[C@@H]1[C@H](CO2)[C@H]2C=C[C@@H]1C2. The lowest BCUT2D eigenvalue weighted by atomic mass is 9.86. The molecule has 0 radical (unpaired) electrons. The number of carbonyl (C=O) groups excluding carboxylic acids is 1. The number of carbonyl (C=O) groups is 1. The van der Waals surface area contributed by atoms with E-state index in [2.05, 4.69) is 24.0 Å². The average molecular weight is 219 g/mol. The first-order valence-electron chi connectivity index (χ1n) is 6.33. The molecule has 2 saturated heterocycles. The van der Waals surface area contributed by atoms with Crippen molar-refractivity contribution in [2.45, 2.75) is 38.0 Å². The van der Waals surface area contributed by atoms with E-state index in [1.807, 2.05) is 0 Å². The van der Waals surface area contributed by atoms with Crippen molar-refractivity contribution in [2.24, 2.45) is 17.8 Å². The Hall–Kier alpha value is -0.830. The van der Waals surface area contributed by atoms with Gasteiger partial charge in [0.15, 0.2) is 0 Å². The van der Waals surface area contributed by atoms with Crippen LogP contribution in [-0.4, -0.2) is 29.2 Å². The monoisotopic (exact) mass is 219 g/mol. The molecule has 2 heterocycles. The lowest BCUT2D eigenvalue weighted by Crippen LogP contribution is -2.60. The van der Waals surface area contributed by atoms with Gasteiger partial charge in [-0.05, 0) is 25.2 Å². The molecule has 2 aliphatic carbocycles. The molecule has 0 N–H and O–H groups in total. The average Bonchev–Trinajstić information content (AvgIpc) is 2.92. The molecule has 0 aromatic rings. The Morgan fingerprint density at radius 3 is 3.12 bits per heavy atom. The number of hydrogen-bond donors (Lipinski definition) is 0. The molecule has 3 fully saturated rings. The molecule has 1 amide bonds. The van der Waals surface area contributed by atoms with E-state index in [1.165, 1.54) is 6.42 Å². The number of amides is 1. The van der Waals surface area contributed by atoms with Crippen molar-refractivity contribution in [1.82, 2.24) is 4.90 Å². The number of allylic oxidation sites excluding steroid dienone is 1. The molecule has 4 aliphatic rings. The zero-order chi connectivity index (χ0) is 10.9. The zero-order valence-electron chi connectivity index (χ0n) is 9.56. The van der Waals surface area contributed by atoms with Crippen molar-refractivity contribution >= 4 is 5.91 Å². The second kappa shape index (κ2) is 2.70. The lowest BCUT2D eigenvalue weighted by molar-refractivity contribution is -0.203. The van der Waals surface area contributed by atoms with Crippen LogP contribution in [0, 0.1) is 17.8 Å². The Morgan fingerprint density at radius 2 is 2.25 bits per heavy atom. The maximum absolute atomic E-state index is 12.1. The van der Waals surface area contributed by atoms with Crippen molar-refractivity contribution in [3.63, 3.8) is 0 Å². The molecule has 86 valence electrons. The first-order valence-corrected chi connectivity index (χ1v) is 6.33. The van der Waals surface area contributed by atoms with Gasteiger partial charge < -0.3 is 9.64 Å². The lowest BCUT2D eigenvalue weighted by Gasteiger charge is -2.49. The first-order chi connectivity index (χ1) is 7.69. The van der Waals surface area contributed by atoms with Crippen molar-refractivity contribution in [2.75, 3.05) is 6.61 Å². The summed E-state index contributed by atoms with van der Waals surface area (Å²) in [5.74, 6) is 2.12. The van der Waals surface area contributed by atoms with Gasteiger partial charge in [0.1, 0.15) is 5.72 Å². The van der Waals surface area contributed by atoms with Crippen molar-refractivity contribution in [3.05, 3.63) is 12.2 Å². The van der Waals surface area contributed by atoms with E-state index in [9.17, 15) is 4.79 Å². The van der Waals surface area contributed by atoms with E-state index in [-0.39, 0.29) is 5.72 Å². The Morgan fingerprint density at radius 1 is 1.44 bits per heavy atom. The standard InChI is InChI=1S/C13H17NO2/c1-13-5-4-11(15)14(13)12-9-3-2-8(6-9)10(12)7-16-13/h2-3,8-10,12H,4-7H2,1H3/t8-,9+,10+,12-,13+/m0/s1. The van der Waals surface area contributed by atoms with Gasteiger partial charge in [0.25, 0.3) is 0 Å². The highest BCUT2D eigenvalue weighted by Crippen LogP contribution is 2.53. The highest BCUT2D eigenvalue weighted by molar-refractivity contribution is 5.80. The minimum atomic E-state index is -0.295. The second-order valence-corrected chi connectivity index (χ2v) is 5.85. The first kappa shape index (κ1) is 9.23. The van der Waals surface area contributed by atoms with Crippen molar-refractivity contribution < 1.29 is 9.53 Å². The van der Waals surface area contributed by atoms with Crippen LogP contribution in [0.2, 0.25) is 0 Å². The van der Waals surface area contributed by atoms with Crippen LogP contribution in [0.25, 0.3) is 0 Å². The summed E-state index contributed by atoms with van der Waals surface area (Å²) in [6.07, 6.45) is 7.43. The van der Waals surface area contributed by atoms with Gasteiger partial charge >= 0.3 is 0 Å². The van der Waals surface area contributed by atoms with E-state index >= 15 is 0 Å². The quantitative estimate of drug-likeness (QED) is 0.578. The molecule has 0 spiro atoms. The van der Waals surface area contributed by atoms with Crippen LogP contribution in [0.4, 0.5) is 0 Å². The van der Waals surface area contributed by atoms with Gasteiger partial charge in [0.2, 0.25) is 5.91 Å². The van der Waals surface area contributed by atoms with E-state index < -0.39 is 0 Å². The number of nitrogens with zero attached hydrogens (tertiary/aromatic N) is 1. The third-order valence-electron chi connectivity index (χ3n) is 5.04. The van der Waals surface area contributed by atoms with Gasteiger partial charge in [-0.2, -0.15) is 0 Å². The molecule has 0 unspecified atom stereocenters. The molecule has 2 aliphatic heterocycles. The van der Waals surface area contributed by atoms with E-state index in [4.69, 9.17) is 4.74 Å². The minimum Gasteiger partial charge on any atom is -0.355 e. The van der Waals surface area contributed by atoms with Crippen LogP contribution >= 0.6 is 0 Å². The highest BCUT2D eigenvalue weighted by Gasteiger charge is 2.58. The van der Waals surface area contributed by atoms with E-state index in [0.29, 0.717) is 36.1 Å². The number of rotatable bonds is 0. The molecule has 1 saturated carbocycles. The molecule has 0 aromatic heterocycles. The molecule has 0 aromatic carbocycles. The summed E-state index contributed by atoms with van der Waals surface area (Å²) in [5.41, 5.74) is -0.295. The summed E-state index contributed by atoms with van der Waals surface area (Å²) in [4.78, 5) is 14.1. The van der Waals surface area contributed by atoms with Crippen LogP contribution in [-0.2, 0) is 9.53 Å². The Bertz CT molecular complexity index is 391. The third kappa shape index (κ3) is 0.915. The zero-order valence-corrected chi connectivity index (χ0v) is 9.56. The van der Waals surface area contributed by atoms with Gasteiger partial charge in [-0.15, -0.1) is 0 Å². The summed E-state index contributed by atoms with van der Waals surface area (Å²) >= 11 is 0. The molecule has 5 atom stereocenters. The molecule has 2 bridgehead atoms. The van der Waals surface area contributed by atoms with E-state index in [0.717, 1.165) is 13.0 Å². The molecule has 16 heavy (non-hydrogen) atoms. The number of hydrogen-bond acceptors (Lipinski definition) is 2. The molecule has 4 rings (SSSR count). The second-order valence-electron chi connectivity index (χ2n) is 5.85. The summed E-state index contributed by atoms with van der Waals surface area (Å²) in [5, 5.41) is 0. The third-order valence-corrected chi connectivity index (χ3v) is 5.04. The van der Waals surface area contributed by atoms with Gasteiger partial charge in [-0.3, -0.25) is 4.79 Å². The minimum absolute atomic E-state index is 0.295. The normalized spacial score (nSPS) is 53.3. The van der Waals surface area contributed by atoms with Crippen molar-refractivity contribution in [3.8, 4) is 0 Å². The van der Waals surface area contributed by atoms with Gasteiger partial charge in [-0.25, -0.2) is 0 Å². The Kier molecular flexibility index (Phi) is 1.56. The van der Waals surface area contributed by atoms with Gasteiger partial charge in [0.05, 0.1) is 6.61 Å².